The van der Waals surface area contributed by atoms with Crippen molar-refractivity contribution in [1.82, 2.24) is 4.98 Å². The SMILES string of the molecule is Cc1[nH]c2ccc(C(C)(C)C)cc2c(=O)c1C. The average molecular weight is 229 g/mol. The van der Waals surface area contributed by atoms with Gasteiger partial charge in [-0.05, 0) is 37.0 Å². The van der Waals surface area contributed by atoms with E-state index in [0.29, 0.717) is 0 Å². The Bertz CT molecular complexity index is 630. The molecule has 0 aliphatic carbocycles. The summed E-state index contributed by atoms with van der Waals surface area (Å²) in [6, 6.07) is 6.11. The molecule has 1 heterocycles. The third-order valence-corrected chi connectivity index (χ3v) is 3.36. The standard InChI is InChI=1S/C15H19NO/c1-9-10(2)16-13-7-6-11(15(3,4)5)8-12(13)14(9)17/h6-8H,1-5H3,(H,16,17). The molecule has 0 bridgehead atoms. The monoisotopic (exact) mass is 229 g/mol. The highest BCUT2D eigenvalue weighted by Crippen LogP contribution is 2.24. The van der Waals surface area contributed by atoms with Crippen molar-refractivity contribution in [2.75, 3.05) is 0 Å². The van der Waals surface area contributed by atoms with Crippen LogP contribution in [0.15, 0.2) is 23.0 Å². The summed E-state index contributed by atoms with van der Waals surface area (Å²) in [5.74, 6) is 0. The van der Waals surface area contributed by atoms with E-state index >= 15 is 0 Å². The van der Waals surface area contributed by atoms with Crippen LogP contribution in [0.25, 0.3) is 10.9 Å². The van der Waals surface area contributed by atoms with E-state index in [2.05, 4.69) is 31.8 Å². The fourth-order valence-corrected chi connectivity index (χ4v) is 1.98. The Kier molecular flexibility index (Phi) is 2.61. The van der Waals surface area contributed by atoms with E-state index in [1.165, 1.54) is 5.56 Å². The van der Waals surface area contributed by atoms with Gasteiger partial charge in [-0.3, -0.25) is 4.79 Å². The molecule has 2 nitrogen and oxygen atoms in total. The molecule has 0 fully saturated rings. The molecule has 1 aromatic heterocycles. The number of hydrogen-bond donors (Lipinski definition) is 1. The molecule has 0 saturated heterocycles. The zero-order valence-corrected chi connectivity index (χ0v) is 11.1. The van der Waals surface area contributed by atoms with E-state index in [1.54, 1.807) is 0 Å². The Morgan fingerprint density at radius 1 is 1.12 bits per heavy atom. The highest BCUT2D eigenvalue weighted by molar-refractivity contribution is 5.80. The molecule has 0 spiro atoms. The molecule has 0 saturated carbocycles. The van der Waals surface area contributed by atoms with Crippen LogP contribution in [-0.2, 0) is 5.41 Å². The Morgan fingerprint density at radius 2 is 1.76 bits per heavy atom. The molecule has 90 valence electrons. The number of aromatic amines is 1. The first-order valence-electron chi connectivity index (χ1n) is 5.94. The number of aromatic nitrogens is 1. The maximum atomic E-state index is 12.2. The van der Waals surface area contributed by atoms with Crippen LogP contribution in [0.1, 0.15) is 37.6 Å². The quantitative estimate of drug-likeness (QED) is 0.737. The first-order chi connectivity index (χ1) is 7.80. The number of rotatable bonds is 0. The van der Waals surface area contributed by atoms with Crippen molar-refractivity contribution in [3.8, 4) is 0 Å². The first-order valence-corrected chi connectivity index (χ1v) is 5.94. The number of hydrogen-bond acceptors (Lipinski definition) is 1. The maximum absolute atomic E-state index is 12.2. The Balaban J connectivity index is 2.83. The third-order valence-electron chi connectivity index (χ3n) is 3.36. The molecule has 2 aromatic rings. The Labute approximate surface area is 102 Å². The van der Waals surface area contributed by atoms with Crippen molar-refractivity contribution < 1.29 is 0 Å². The minimum Gasteiger partial charge on any atom is -0.358 e. The van der Waals surface area contributed by atoms with Crippen molar-refractivity contribution in [2.45, 2.75) is 40.0 Å². The predicted molar refractivity (Wildman–Crippen MR) is 72.7 cm³/mol. The lowest BCUT2D eigenvalue weighted by atomic mass is 9.86. The largest absolute Gasteiger partial charge is 0.358 e. The summed E-state index contributed by atoms with van der Waals surface area (Å²) in [7, 11) is 0. The smallest absolute Gasteiger partial charge is 0.192 e. The van der Waals surface area contributed by atoms with Gasteiger partial charge in [0.1, 0.15) is 0 Å². The summed E-state index contributed by atoms with van der Waals surface area (Å²) in [5, 5.41) is 0.792. The topological polar surface area (TPSA) is 32.9 Å². The van der Waals surface area contributed by atoms with Crippen LogP contribution in [0.4, 0.5) is 0 Å². The second-order valence-corrected chi connectivity index (χ2v) is 5.71. The highest BCUT2D eigenvalue weighted by atomic mass is 16.1. The van der Waals surface area contributed by atoms with E-state index in [1.807, 2.05) is 26.0 Å². The van der Waals surface area contributed by atoms with Gasteiger partial charge in [-0.1, -0.05) is 26.8 Å². The van der Waals surface area contributed by atoms with Crippen LogP contribution in [0.3, 0.4) is 0 Å². The zero-order valence-electron chi connectivity index (χ0n) is 11.1. The van der Waals surface area contributed by atoms with Crippen LogP contribution in [0.2, 0.25) is 0 Å². The molecular weight excluding hydrogens is 210 g/mol. The minimum atomic E-state index is 0.0689. The second-order valence-electron chi connectivity index (χ2n) is 5.71. The molecule has 2 heteroatoms. The first kappa shape index (κ1) is 11.9. The van der Waals surface area contributed by atoms with Crippen molar-refractivity contribution >= 4 is 10.9 Å². The molecule has 0 unspecified atom stereocenters. The number of benzene rings is 1. The molecule has 0 radical (unpaired) electrons. The number of fused-ring (bicyclic) bond motifs is 1. The summed E-state index contributed by atoms with van der Waals surface area (Å²) < 4.78 is 0. The molecule has 1 aromatic carbocycles. The van der Waals surface area contributed by atoms with E-state index in [4.69, 9.17) is 0 Å². The van der Waals surface area contributed by atoms with Crippen molar-refractivity contribution in [2.24, 2.45) is 0 Å². The van der Waals surface area contributed by atoms with Gasteiger partial charge in [0.2, 0.25) is 0 Å². The van der Waals surface area contributed by atoms with Gasteiger partial charge < -0.3 is 4.98 Å². The molecular formula is C15H19NO. The molecule has 2 rings (SSSR count). The van der Waals surface area contributed by atoms with Crippen LogP contribution in [-0.4, -0.2) is 4.98 Å². The summed E-state index contributed by atoms with van der Waals surface area (Å²) >= 11 is 0. The zero-order chi connectivity index (χ0) is 12.8. The Hall–Kier alpha value is -1.57. The molecule has 1 N–H and O–H groups in total. The molecule has 0 aliphatic heterocycles. The number of H-pyrrole nitrogens is 1. The van der Waals surface area contributed by atoms with Gasteiger partial charge in [0.05, 0.1) is 0 Å². The Morgan fingerprint density at radius 3 is 2.35 bits per heavy atom. The number of pyridine rings is 1. The van der Waals surface area contributed by atoms with Gasteiger partial charge in [0.15, 0.2) is 5.43 Å². The molecule has 17 heavy (non-hydrogen) atoms. The predicted octanol–water partition coefficient (Wildman–Crippen LogP) is 3.44. The van der Waals surface area contributed by atoms with Crippen LogP contribution in [0, 0.1) is 13.8 Å². The molecule has 0 atom stereocenters. The van der Waals surface area contributed by atoms with Crippen LogP contribution >= 0.6 is 0 Å². The fraction of sp³-hybridized carbons (Fsp3) is 0.400. The summed E-state index contributed by atoms with van der Waals surface area (Å²) in [6.45, 7) is 10.3. The molecule has 0 amide bonds. The van der Waals surface area contributed by atoms with Crippen molar-refractivity contribution in [3.05, 3.63) is 45.2 Å². The summed E-state index contributed by atoms with van der Waals surface area (Å²) in [5.41, 5.74) is 4.08. The van der Waals surface area contributed by atoms with Gasteiger partial charge in [-0.25, -0.2) is 0 Å². The summed E-state index contributed by atoms with van der Waals surface area (Å²) in [6.07, 6.45) is 0. The van der Waals surface area contributed by atoms with Crippen LogP contribution in [0.5, 0.6) is 0 Å². The van der Waals surface area contributed by atoms with Crippen molar-refractivity contribution in [3.63, 3.8) is 0 Å². The van der Waals surface area contributed by atoms with Crippen molar-refractivity contribution in [1.29, 1.82) is 0 Å². The number of nitrogens with one attached hydrogen (secondary N) is 1. The highest BCUT2D eigenvalue weighted by Gasteiger charge is 2.15. The minimum absolute atomic E-state index is 0.0689. The van der Waals surface area contributed by atoms with E-state index in [0.717, 1.165) is 22.2 Å². The average Bonchev–Trinajstić information content (AvgIpc) is 2.24. The fourth-order valence-electron chi connectivity index (χ4n) is 1.98. The van der Waals surface area contributed by atoms with Gasteiger partial charge in [-0.15, -0.1) is 0 Å². The molecule has 0 aliphatic rings. The summed E-state index contributed by atoms with van der Waals surface area (Å²) in [4.78, 5) is 15.5. The lowest BCUT2D eigenvalue weighted by molar-refractivity contribution is 0.591. The van der Waals surface area contributed by atoms with E-state index < -0.39 is 0 Å². The van der Waals surface area contributed by atoms with Gasteiger partial charge in [-0.2, -0.15) is 0 Å². The second kappa shape index (κ2) is 3.73. The lowest BCUT2D eigenvalue weighted by Crippen LogP contribution is -2.14. The van der Waals surface area contributed by atoms with Gasteiger partial charge >= 0.3 is 0 Å². The van der Waals surface area contributed by atoms with Gasteiger partial charge in [0, 0.05) is 22.2 Å². The van der Waals surface area contributed by atoms with Crippen LogP contribution < -0.4 is 5.43 Å². The third kappa shape index (κ3) is 1.99. The van der Waals surface area contributed by atoms with Gasteiger partial charge in [0.25, 0.3) is 0 Å². The van der Waals surface area contributed by atoms with E-state index in [-0.39, 0.29) is 10.8 Å². The lowest BCUT2D eigenvalue weighted by Gasteiger charge is -2.19. The maximum Gasteiger partial charge on any atom is 0.192 e. The number of aryl methyl sites for hydroxylation is 1. The van der Waals surface area contributed by atoms with E-state index in [9.17, 15) is 4.79 Å². The normalized spacial score (nSPS) is 12.1.